The molecule has 1 aliphatic rings. The van der Waals surface area contributed by atoms with Crippen molar-refractivity contribution in [3.8, 4) is 0 Å². The van der Waals surface area contributed by atoms with Crippen molar-refractivity contribution >= 4 is 11.7 Å². The number of carbonyl (C=O) groups is 2. The SMILES string of the molecule is CCc1ccc(C2C(C(=O)C(C)C)=C(O)C(=O)N2CCCOC)cc1. The number of amides is 1. The van der Waals surface area contributed by atoms with E-state index >= 15 is 0 Å². The standard InChI is InChI=1S/C20H27NO4/c1-5-14-7-9-15(10-8-14)17-16(18(22)13(2)3)19(23)20(24)21(17)11-6-12-25-4/h7-10,13,17,23H,5-6,11-12H2,1-4H3. The number of ketones is 1. The minimum Gasteiger partial charge on any atom is -0.503 e. The van der Waals surface area contributed by atoms with Crippen LogP contribution in [-0.2, 0) is 20.7 Å². The lowest BCUT2D eigenvalue weighted by Crippen LogP contribution is -2.33. The Morgan fingerprint density at radius 2 is 1.92 bits per heavy atom. The summed E-state index contributed by atoms with van der Waals surface area (Å²) in [6, 6.07) is 7.34. The van der Waals surface area contributed by atoms with Gasteiger partial charge in [0.15, 0.2) is 11.5 Å². The number of nitrogens with zero attached hydrogens (tertiary/aromatic N) is 1. The van der Waals surface area contributed by atoms with Crippen LogP contribution >= 0.6 is 0 Å². The molecule has 5 nitrogen and oxygen atoms in total. The average molecular weight is 345 g/mol. The molecule has 2 rings (SSSR count). The van der Waals surface area contributed by atoms with Crippen LogP contribution in [0.5, 0.6) is 0 Å². The van der Waals surface area contributed by atoms with Crippen molar-refractivity contribution in [2.45, 2.75) is 39.7 Å². The Hall–Kier alpha value is -2.14. The predicted octanol–water partition coefficient (Wildman–Crippen LogP) is 3.21. The summed E-state index contributed by atoms with van der Waals surface area (Å²) in [6.07, 6.45) is 1.56. The van der Waals surface area contributed by atoms with Crippen molar-refractivity contribution in [2.24, 2.45) is 5.92 Å². The van der Waals surface area contributed by atoms with Gasteiger partial charge in [-0.2, -0.15) is 0 Å². The lowest BCUT2D eigenvalue weighted by Gasteiger charge is -2.27. The summed E-state index contributed by atoms with van der Waals surface area (Å²) in [5, 5.41) is 10.4. The molecule has 0 saturated carbocycles. The lowest BCUT2D eigenvalue weighted by molar-refractivity contribution is -0.129. The fourth-order valence-corrected chi connectivity index (χ4v) is 3.11. The third-order valence-corrected chi connectivity index (χ3v) is 4.54. The molecule has 1 heterocycles. The number of Topliss-reactive ketones (excluding diaryl/α,β-unsaturated/α-hetero) is 1. The highest BCUT2D eigenvalue weighted by Gasteiger charge is 2.43. The van der Waals surface area contributed by atoms with Crippen molar-refractivity contribution in [2.75, 3.05) is 20.3 Å². The Labute approximate surface area is 149 Å². The number of hydrogen-bond acceptors (Lipinski definition) is 4. The number of aliphatic hydroxyl groups is 1. The number of carbonyl (C=O) groups excluding carboxylic acids is 2. The Bertz CT molecular complexity index is 661. The Morgan fingerprint density at radius 1 is 1.28 bits per heavy atom. The highest BCUT2D eigenvalue weighted by Crippen LogP contribution is 2.38. The molecule has 0 aromatic heterocycles. The summed E-state index contributed by atoms with van der Waals surface area (Å²) in [5.74, 6) is -1.38. The highest BCUT2D eigenvalue weighted by molar-refractivity contribution is 6.09. The lowest BCUT2D eigenvalue weighted by atomic mass is 9.91. The summed E-state index contributed by atoms with van der Waals surface area (Å²) in [7, 11) is 1.61. The minimum atomic E-state index is -0.537. The van der Waals surface area contributed by atoms with E-state index in [1.165, 1.54) is 5.56 Å². The van der Waals surface area contributed by atoms with E-state index in [9.17, 15) is 14.7 Å². The van der Waals surface area contributed by atoms with Crippen molar-refractivity contribution in [3.63, 3.8) is 0 Å². The molecular weight excluding hydrogens is 318 g/mol. The summed E-state index contributed by atoms with van der Waals surface area (Å²) < 4.78 is 5.07. The van der Waals surface area contributed by atoms with Crippen LogP contribution in [-0.4, -0.2) is 42.0 Å². The first-order valence-corrected chi connectivity index (χ1v) is 8.78. The third kappa shape index (κ3) is 3.93. The van der Waals surface area contributed by atoms with Gasteiger partial charge in [-0.3, -0.25) is 9.59 Å². The largest absolute Gasteiger partial charge is 0.503 e. The zero-order valence-corrected chi connectivity index (χ0v) is 15.4. The van der Waals surface area contributed by atoms with E-state index in [2.05, 4.69) is 6.92 Å². The van der Waals surface area contributed by atoms with Crippen LogP contribution in [0.2, 0.25) is 0 Å². The second kappa shape index (κ2) is 8.30. The van der Waals surface area contributed by atoms with E-state index in [1.807, 2.05) is 24.3 Å². The summed E-state index contributed by atoms with van der Waals surface area (Å²) in [4.78, 5) is 26.8. The van der Waals surface area contributed by atoms with E-state index in [-0.39, 0.29) is 17.3 Å². The van der Waals surface area contributed by atoms with E-state index in [1.54, 1.807) is 25.9 Å². The van der Waals surface area contributed by atoms with Gasteiger partial charge in [-0.1, -0.05) is 45.0 Å². The van der Waals surface area contributed by atoms with Crippen molar-refractivity contribution < 1.29 is 19.4 Å². The molecule has 1 amide bonds. The van der Waals surface area contributed by atoms with Gasteiger partial charge in [0.25, 0.3) is 5.91 Å². The summed E-state index contributed by atoms with van der Waals surface area (Å²) >= 11 is 0. The first-order chi connectivity index (χ1) is 11.9. The first kappa shape index (κ1) is 19.2. The number of ether oxygens (including phenoxy) is 1. The number of benzene rings is 1. The van der Waals surface area contributed by atoms with Crippen LogP contribution in [0.4, 0.5) is 0 Å². The molecule has 1 aromatic rings. The first-order valence-electron chi connectivity index (χ1n) is 8.78. The van der Waals surface area contributed by atoms with E-state index in [0.29, 0.717) is 19.6 Å². The number of rotatable bonds is 8. The van der Waals surface area contributed by atoms with E-state index in [4.69, 9.17) is 4.74 Å². The molecule has 0 saturated heterocycles. The van der Waals surface area contributed by atoms with Crippen molar-refractivity contribution in [1.82, 2.24) is 4.90 Å². The van der Waals surface area contributed by atoms with Crippen molar-refractivity contribution in [1.29, 1.82) is 0 Å². The maximum atomic E-state index is 12.7. The fraction of sp³-hybridized carbons (Fsp3) is 0.500. The Kier molecular flexibility index (Phi) is 6.37. The van der Waals surface area contributed by atoms with Crippen LogP contribution in [0.3, 0.4) is 0 Å². The molecule has 1 N–H and O–H groups in total. The van der Waals surface area contributed by atoms with Crippen LogP contribution in [0, 0.1) is 5.92 Å². The van der Waals surface area contributed by atoms with Crippen LogP contribution in [0.1, 0.15) is 44.4 Å². The zero-order chi connectivity index (χ0) is 18.6. The zero-order valence-electron chi connectivity index (χ0n) is 15.4. The average Bonchev–Trinajstić information content (AvgIpc) is 2.86. The van der Waals surface area contributed by atoms with Gasteiger partial charge in [0.1, 0.15) is 0 Å². The van der Waals surface area contributed by atoms with Crippen LogP contribution in [0.15, 0.2) is 35.6 Å². The molecule has 25 heavy (non-hydrogen) atoms. The molecule has 5 heteroatoms. The van der Waals surface area contributed by atoms with Gasteiger partial charge >= 0.3 is 0 Å². The quantitative estimate of drug-likeness (QED) is 0.735. The highest BCUT2D eigenvalue weighted by atomic mass is 16.5. The number of aryl methyl sites for hydroxylation is 1. The number of methoxy groups -OCH3 is 1. The van der Waals surface area contributed by atoms with E-state index < -0.39 is 17.7 Å². The molecule has 0 aliphatic carbocycles. The molecule has 1 aliphatic heterocycles. The Balaban J connectivity index is 2.43. The predicted molar refractivity (Wildman–Crippen MR) is 96.3 cm³/mol. The summed E-state index contributed by atoms with van der Waals surface area (Å²) in [5.41, 5.74) is 2.24. The second-order valence-electron chi connectivity index (χ2n) is 6.62. The van der Waals surface area contributed by atoms with Crippen LogP contribution < -0.4 is 0 Å². The molecule has 0 spiro atoms. The van der Waals surface area contributed by atoms with E-state index in [0.717, 1.165) is 12.0 Å². The number of aliphatic hydroxyl groups excluding tert-OH is 1. The molecule has 1 aromatic carbocycles. The molecule has 1 unspecified atom stereocenters. The number of hydrogen-bond donors (Lipinski definition) is 1. The molecule has 1 atom stereocenters. The fourth-order valence-electron chi connectivity index (χ4n) is 3.11. The van der Waals surface area contributed by atoms with Gasteiger partial charge in [0.2, 0.25) is 0 Å². The maximum Gasteiger partial charge on any atom is 0.290 e. The third-order valence-electron chi connectivity index (χ3n) is 4.54. The van der Waals surface area contributed by atoms with Gasteiger partial charge in [-0.25, -0.2) is 0 Å². The van der Waals surface area contributed by atoms with Gasteiger partial charge in [-0.15, -0.1) is 0 Å². The monoisotopic (exact) mass is 345 g/mol. The second-order valence-corrected chi connectivity index (χ2v) is 6.62. The molecular formula is C20H27NO4. The smallest absolute Gasteiger partial charge is 0.290 e. The van der Waals surface area contributed by atoms with Crippen molar-refractivity contribution in [3.05, 3.63) is 46.7 Å². The normalized spacial score (nSPS) is 17.7. The van der Waals surface area contributed by atoms with Gasteiger partial charge in [-0.05, 0) is 24.0 Å². The van der Waals surface area contributed by atoms with Crippen LogP contribution in [0.25, 0.3) is 0 Å². The van der Waals surface area contributed by atoms with Gasteiger partial charge < -0.3 is 14.7 Å². The minimum absolute atomic E-state index is 0.190. The molecule has 0 fully saturated rings. The Morgan fingerprint density at radius 3 is 2.44 bits per heavy atom. The van der Waals surface area contributed by atoms with Gasteiger partial charge in [0, 0.05) is 26.2 Å². The molecule has 136 valence electrons. The molecule has 0 radical (unpaired) electrons. The topological polar surface area (TPSA) is 66.8 Å². The summed E-state index contributed by atoms with van der Waals surface area (Å²) in [6.45, 7) is 6.56. The maximum absolute atomic E-state index is 12.7. The van der Waals surface area contributed by atoms with Gasteiger partial charge in [0.05, 0.1) is 11.6 Å². The molecule has 0 bridgehead atoms.